The van der Waals surface area contributed by atoms with Gasteiger partial charge in [-0.3, -0.25) is 14.4 Å². The van der Waals surface area contributed by atoms with E-state index < -0.39 is 0 Å². The Morgan fingerprint density at radius 3 is 2.48 bits per heavy atom. The third-order valence-corrected chi connectivity index (χ3v) is 5.21. The van der Waals surface area contributed by atoms with Gasteiger partial charge in [0.05, 0.1) is 13.0 Å². The molecule has 2 amide bonds. The van der Waals surface area contributed by atoms with Crippen LogP contribution in [-0.2, 0) is 19.1 Å². The Hall–Kier alpha value is -2.57. The van der Waals surface area contributed by atoms with E-state index >= 15 is 0 Å². The maximum atomic E-state index is 12.4. The molecule has 2 saturated heterocycles. The molecule has 0 aromatic heterocycles. The summed E-state index contributed by atoms with van der Waals surface area (Å²) in [4.78, 5) is 39.8. The molecule has 0 radical (unpaired) electrons. The number of anilines is 2. The molecule has 0 bridgehead atoms. The number of ether oxygens (including phenoxy) is 1. The number of benzene rings is 1. The van der Waals surface area contributed by atoms with Crippen LogP contribution in [0.2, 0.25) is 0 Å². The van der Waals surface area contributed by atoms with Gasteiger partial charge >= 0.3 is 5.97 Å². The Morgan fingerprint density at radius 2 is 1.81 bits per heavy atom. The summed E-state index contributed by atoms with van der Waals surface area (Å²) in [6.07, 6.45) is 3.47. The average molecular weight is 373 g/mol. The smallest absolute Gasteiger partial charge is 0.305 e. The molecule has 2 aliphatic rings. The summed E-state index contributed by atoms with van der Waals surface area (Å²) in [5, 5.41) is 2.81. The van der Waals surface area contributed by atoms with Crippen molar-refractivity contribution >= 4 is 29.2 Å². The van der Waals surface area contributed by atoms with Crippen LogP contribution >= 0.6 is 0 Å². The van der Waals surface area contributed by atoms with Crippen molar-refractivity contribution in [1.82, 2.24) is 5.32 Å². The van der Waals surface area contributed by atoms with Crippen LogP contribution in [0.3, 0.4) is 0 Å². The second-order valence-corrected chi connectivity index (χ2v) is 7.09. The Kier molecular flexibility index (Phi) is 6.32. The monoisotopic (exact) mass is 373 g/mol. The number of amides is 2. The van der Waals surface area contributed by atoms with Crippen LogP contribution in [0.25, 0.3) is 0 Å². The standard InChI is InChI=1S/C20H27N3O4/c1-27-19(25)5-4-10-21-20(26)15-13-18(24)23(14-15)17-8-6-16(7-9-17)22-11-2-3-12-22/h6-9,15H,2-5,10-14H2,1H3,(H,21,26). The first-order valence-electron chi connectivity index (χ1n) is 9.58. The molecule has 7 nitrogen and oxygen atoms in total. The lowest BCUT2D eigenvalue weighted by atomic mass is 10.1. The Bertz CT molecular complexity index is 683. The van der Waals surface area contributed by atoms with Gasteiger partial charge in [-0.15, -0.1) is 0 Å². The third kappa shape index (κ3) is 4.78. The number of rotatable bonds is 7. The van der Waals surface area contributed by atoms with Crippen molar-refractivity contribution in [3.05, 3.63) is 24.3 Å². The van der Waals surface area contributed by atoms with Gasteiger partial charge in [-0.25, -0.2) is 0 Å². The van der Waals surface area contributed by atoms with E-state index in [4.69, 9.17) is 0 Å². The minimum absolute atomic E-state index is 0.0290. The van der Waals surface area contributed by atoms with Crippen LogP contribution in [0.1, 0.15) is 32.1 Å². The van der Waals surface area contributed by atoms with Crippen molar-refractivity contribution in [3.63, 3.8) is 0 Å². The number of carbonyl (C=O) groups excluding carboxylic acids is 3. The molecule has 0 saturated carbocycles. The highest BCUT2D eigenvalue weighted by Crippen LogP contribution is 2.28. The van der Waals surface area contributed by atoms with Gasteiger partial charge in [-0.1, -0.05) is 0 Å². The molecule has 2 heterocycles. The molecule has 0 spiro atoms. The Labute approximate surface area is 159 Å². The normalized spacial score (nSPS) is 19.4. The zero-order chi connectivity index (χ0) is 19.2. The maximum Gasteiger partial charge on any atom is 0.305 e. The number of methoxy groups -OCH3 is 1. The van der Waals surface area contributed by atoms with E-state index in [9.17, 15) is 14.4 Å². The minimum atomic E-state index is -0.353. The second-order valence-electron chi connectivity index (χ2n) is 7.09. The van der Waals surface area contributed by atoms with Crippen molar-refractivity contribution in [2.45, 2.75) is 32.1 Å². The van der Waals surface area contributed by atoms with Gasteiger partial charge in [0.25, 0.3) is 0 Å². The minimum Gasteiger partial charge on any atom is -0.469 e. The first-order valence-corrected chi connectivity index (χ1v) is 9.58. The van der Waals surface area contributed by atoms with E-state index in [-0.39, 0.29) is 36.5 Å². The summed E-state index contributed by atoms with van der Waals surface area (Å²) in [5.41, 5.74) is 2.02. The molecule has 2 fully saturated rings. The highest BCUT2D eigenvalue weighted by atomic mass is 16.5. The highest BCUT2D eigenvalue weighted by molar-refractivity contribution is 6.00. The second kappa shape index (κ2) is 8.88. The summed E-state index contributed by atoms with van der Waals surface area (Å²) >= 11 is 0. The molecule has 27 heavy (non-hydrogen) atoms. The molecule has 146 valence electrons. The van der Waals surface area contributed by atoms with Crippen LogP contribution in [0, 0.1) is 5.92 Å². The lowest BCUT2D eigenvalue weighted by Gasteiger charge is -2.20. The van der Waals surface area contributed by atoms with E-state index in [0.717, 1.165) is 18.8 Å². The fourth-order valence-corrected chi connectivity index (χ4v) is 3.64. The predicted molar refractivity (Wildman–Crippen MR) is 103 cm³/mol. The molecular formula is C20H27N3O4. The molecule has 1 unspecified atom stereocenters. The third-order valence-electron chi connectivity index (χ3n) is 5.21. The average Bonchev–Trinajstić information content (AvgIpc) is 3.35. The molecular weight excluding hydrogens is 346 g/mol. The van der Waals surface area contributed by atoms with E-state index in [1.54, 1.807) is 4.90 Å². The molecule has 3 rings (SSSR count). The van der Waals surface area contributed by atoms with Gasteiger partial charge in [-0.2, -0.15) is 0 Å². The van der Waals surface area contributed by atoms with Crippen molar-refractivity contribution in [3.8, 4) is 0 Å². The van der Waals surface area contributed by atoms with Gasteiger partial charge in [0.15, 0.2) is 0 Å². The fourth-order valence-electron chi connectivity index (χ4n) is 3.64. The summed E-state index contributed by atoms with van der Waals surface area (Å²) in [7, 11) is 1.34. The van der Waals surface area contributed by atoms with Crippen LogP contribution in [-0.4, -0.2) is 51.1 Å². The topological polar surface area (TPSA) is 78.9 Å². The highest BCUT2D eigenvalue weighted by Gasteiger charge is 2.35. The molecule has 1 aromatic carbocycles. The van der Waals surface area contributed by atoms with Crippen molar-refractivity contribution < 1.29 is 19.1 Å². The number of nitrogens with one attached hydrogen (secondary N) is 1. The van der Waals surface area contributed by atoms with E-state index in [1.165, 1.54) is 25.6 Å². The number of hydrogen-bond donors (Lipinski definition) is 1. The lowest BCUT2D eigenvalue weighted by Crippen LogP contribution is -2.33. The SMILES string of the molecule is COC(=O)CCCNC(=O)C1CC(=O)N(c2ccc(N3CCCC3)cc2)C1. The van der Waals surface area contributed by atoms with Gasteiger partial charge in [0.1, 0.15) is 0 Å². The fraction of sp³-hybridized carbons (Fsp3) is 0.550. The molecule has 1 atom stereocenters. The summed E-state index contributed by atoms with van der Waals surface area (Å²) in [6.45, 7) is 2.97. The molecule has 1 aromatic rings. The van der Waals surface area contributed by atoms with Crippen LogP contribution in [0.4, 0.5) is 11.4 Å². The quantitative estimate of drug-likeness (QED) is 0.581. The summed E-state index contributed by atoms with van der Waals surface area (Å²) < 4.78 is 4.57. The first kappa shape index (κ1) is 19.2. The Balaban J connectivity index is 1.50. The van der Waals surface area contributed by atoms with Gasteiger partial charge in [0, 0.05) is 50.4 Å². The van der Waals surface area contributed by atoms with Gasteiger partial charge in [-0.05, 0) is 43.5 Å². The Morgan fingerprint density at radius 1 is 1.15 bits per heavy atom. The predicted octanol–water partition coefficient (Wildman–Crippen LogP) is 1.71. The molecule has 0 aliphatic carbocycles. The maximum absolute atomic E-state index is 12.4. The number of esters is 1. The van der Waals surface area contributed by atoms with Crippen LogP contribution < -0.4 is 15.1 Å². The molecule has 2 aliphatic heterocycles. The van der Waals surface area contributed by atoms with Gasteiger partial charge < -0.3 is 19.9 Å². The molecule has 7 heteroatoms. The van der Waals surface area contributed by atoms with Crippen LogP contribution in [0.15, 0.2) is 24.3 Å². The van der Waals surface area contributed by atoms with E-state index in [0.29, 0.717) is 19.5 Å². The number of hydrogen-bond acceptors (Lipinski definition) is 5. The van der Waals surface area contributed by atoms with E-state index in [2.05, 4.69) is 15.0 Å². The van der Waals surface area contributed by atoms with E-state index in [1.807, 2.05) is 24.3 Å². The summed E-state index contributed by atoms with van der Waals surface area (Å²) in [5.74, 6) is -0.805. The molecule has 1 N–H and O–H groups in total. The number of nitrogens with zero attached hydrogens (tertiary/aromatic N) is 2. The zero-order valence-electron chi connectivity index (χ0n) is 15.8. The largest absolute Gasteiger partial charge is 0.469 e. The number of carbonyl (C=O) groups is 3. The van der Waals surface area contributed by atoms with Crippen molar-refractivity contribution in [2.75, 3.05) is 43.1 Å². The first-order chi connectivity index (χ1) is 13.1. The lowest BCUT2D eigenvalue weighted by molar-refractivity contribution is -0.140. The zero-order valence-corrected chi connectivity index (χ0v) is 15.8. The summed E-state index contributed by atoms with van der Waals surface area (Å²) in [6, 6.07) is 8.02. The van der Waals surface area contributed by atoms with Crippen LogP contribution in [0.5, 0.6) is 0 Å². The van der Waals surface area contributed by atoms with Crippen molar-refractivity contribution in [2.24, 2.45) is 5.92 Å². The van der Waals surface area contributed by atoms with Crippen molar-refractivity contribution in [1.29, 1.82) is 0 Å². The van der Waals surface area contributed by atoms with Gasteiger partial charge in [0.2, 0.25) is 11.8 Å².